The second-order valence-corrected chi connectivity index (χ2v) is 4.10. The molecule has 1 aliphatic rings. The fraction of sp³-hybridized carbons (Fsp3) is 0.900. The summed E-state index contributed by atoms with van der Waals surface area (Å²) in [5.41, 5.74) is 2.51. The van der Waals surface area contributed by atoms with E-state index in [1.54, 1.807) is 0 Å². The lowest BCUT2D eigenvalue weighted by atomic mass is 10.3. The largest absolute Gasteiger partial charge is 0.309 e. The summed E-state index contributed by atoms with van der Waals surface area (Å²) in [6.07, 6.45) is 5.34. The third-order valence-electron chi connectivity index (χ3n) is 2.43. The standard InChI is InChI=1S/C10H20N2O2/c1-12(2)8-7-10(13)11-14-9-5-3-4-6-9/h9H,3-8H2,1-2H3,(H,11,13). The Balaban J connectivity index is 2.02. The lowest BCUT2D eigenvalue weighted by molar-refractivity contribution is -0.138. The third-order valence-corrected chi connectivity index (χ3v) is 2.43. The van der Waals surface area contributed by atoms with Crippen LogP contribution in [0.15, 0.2) is 0 Å². The van der Waals surface area contributed by atoms with Crippen LogP contribution in [0.5, 0.6) is 0 Å². The molecule has 1 rings (SSSR count). The number of rotatable bonds is 5. The Morgan fingerprint density at radius 1 is 1.43 bits per heavy atom. The number of hydrogen-bond donors (Lipinski definition) is 1. The van der Waals surface area contributed by atoms with Crippen molar-refractivity contribution in [2.45, 2.75) is 38.2 Å². The summed E-state index contributed by atoms with van der Waals surface area (Å²) in [7, 11) is 3.90. The summed E-state index contributed by atoms with van der Waals surface area (Å²) in [4.78, 5) is 18.5. The molecule has 0 aliphatic heterocycles. The van der Waals surface area contributed by atoms with Crippen molar-refractivity contribution >= 4 is 5.91 Å². The summed E-state index contributed by atoms with van der Waals surface area (Å²) < 4.78 is 0. The zero-order valence-electron chi connectivity index (χ0n) is 9.08. The lowest BCUT2D eigenvalue weighted by Crippen LogP contribution is -2.30. The Morgan fingerprint density at radius 3 is 2.64 bits per heavy atom. The van der Waals surface area contributed by atoms with Crippen LogP contribution in [0.2, 0.25) is 0 Å². The van der Waals surface area contributed by atoms with Crippen LogP contribution in [0.4, 0.5) is 0 Å². The molecule has 0 saturated heterocycles. The van der Waals surface area contributed by atoms with Crippen molar-refractivity contribution in [1.82, 2.24) is 10.4 Å². The molecule has 0 aromatic heterocycles. The minimum atomic E-state index is -0.0226. The van der Waals surface area contributed by atoms with Gasteiger partial charge in [-0.1, -0.05) is 12.8 Å². The van der Waals surface area contributed by atoms with Crippen molar-refractivity contribution in [1.29, 1.82) is 0 Å². The van der Waals surface area contributed by atoms with Crippen molar-refractivity contribution in [2.75, 3.05) is 20.6 Å². The first-order valence-corrected chi connectivity index (χ1v) is 5.27. The molecule has 1 aliphatic carbocycles. The maximum atomic E-state index is 11.2. The van der Waals surface area contributed by atoms with Crippen LogP contribution in [0.25, 0.3) is 0 Å². The number of carbonyl (C=O) groups is 1. The van der Waals surface area contributed by atoms with Crippen LogP contribution in [0, 0.1) is 0 Å². The summed E-state index contributed by atoms with van der Waals surface area (Å²) in [6.45, 7) is 0.764. The smallest absolute Gasteiger partial charge is 0.244 e. The fourth-order valence-corrected chi connectivity index (χ4v) is 1.53. The summed E-state index contributed by atoms with van der Waals surface area (Å²) in [5, 5.41) is 0. The van der Waals surface area contributed by atoms with E-state index in [1.165, 1.54) is 12.8 Å². The molecule has 0 radical (unpaired) electrons. The first-order valence-electron chi connectivity index (χ1n) is 5.27. The average Bonchev–Trinajstić information content (AvgIpc) is 2.63. The van der Waals surface area contributed by atoms with Crippen LogP contribution in [-0.2, 0) is 9.63 Å². The molecule has 0 unspecified atom stereocenters. The van der Waals surface area contributed by atoms with E-state index in [2.05, 4.69) is 5.48 Å². The van der Waals surface area contributed by atoms with Crippen LogP contribution < -0.4 is 5.48 Å². The van der Waals surface area contributed by atoms with Gasteiger partial charge in [-0.25, -0.2) is 5.48 Å². The Morgan fingerprint density at radius 2 is 2.07 bits per heavy atom. The zero-order chi connectivity index (χ0) is 10.4. The molecule has 14 heavy (non-hydrogen) atoms. The third kappa shape index (κ3) is 4.58. The Kier molecular flexibility index (Phi) is 4.90. The molecule has 0 heterocycles. The second kappa shape index (κ2) is 5.98. The summed E-state index contributed by atoms with van der Waals surface area (Å²) in [6, 6.07) is 0. The SMILES string of the molecule is CN(C)CCC(=O)NOC1CCCC1. The molecular weight excluding hydrogens is 180 g/mol. The minimum Gasteiger partial charge on any atom is -0.309 e. The van der Waals surface area contributed by atoms with Crippen LogP contribution in [0.1, 0.15) is 32.1 Å². The number of amides is 1. The topological polar surface area (TPSA) is 41.6 Å². The molecule has 0 aromatic carbocycles. The normalized spacial score (nSPS) is 17.6. The monoisotopic (exact) mass is 200 g/mol. The van der Waals surface area contributed by atoms with Gasteiger partial charge in [0.25, 0.3) is 0 Å². The predicted octanol–water partition coefficient (Wildman–Crippen LogP) is 0.928. The van der Waals surface area contributed by atoms with Gasteiger partial charge in [0, 0.05) is 13.0 Å². The molecule has 4 nitrogen and oxygen atoms in total. The number of carbonyl (C=O) groups excluding carboxylic acids is 1. The van der Waals surface area contributed by atoms with Gasteiger partial charge in [0.05, 0.1) is 6.10 Å². The maximum Gasteiger partial charge on any atom is 0.244 e. The van der Waals surface area contributed by atoms with Gasteiger partial charge < -0.3 is 4.90 Å². The summed E-state index contributed by atoms with van der Waals surface area (Å²) >= 11 is 0. The number of hydroxylamine groups is 1. The highest BCUT2D eigenvalue weighted by Gasteiger charge is 2.16. The lowest BCUT2D eigenvalue weighted by Gasteiger charge is -2.12. The van der Waals surface area contributed by atoms with E-state index in [0.717, 1.165) is 19.4 Å². The van der Waals surface area contributed by atoms with E-state index in [1.807, 2.05) is 19.0 Å². The van der Waals surface area contributed by atoms with E-state index in [4.69, 9.17) is 4.84 Å². The minimum absolute atomic E-state index is 0.0226. The van der Waals surface area contributed by atoms with Gasteiger partial charge in [-0.2, -0.15) is 0 Å². The molecule has 1 saturated carbocycles. The molecule has 82 valence electrons. The Bertz CT molecular complexity index is 177. The van der Waals surface area contributed by atoms with Crippen molar-refractivity contribution in [3.63, 3.8) is 0 Å². The number of nitrogens with zero attached hydrogens (tertiary/aromatic N) is 1. The average molecular weight is 200 g/mol. The van der Waals surface area contributed by atoms with Crippen molar-refractivity contribution in [2.24, 2.45) is 0 Å². The summed E-state index contributed by atoms with van der Waals surface area (Å²) in [5.74, 6) is -0.0226. The van der Waals surface area contributed by atoms with Gasteiger partial charge >= 0.3 is 0 Å². The van der Waals surface area contributed by atoms with Gasteiger partial charge in [-0.3, -0.25) is 9.63 Å². The van der Waals surface area contributed by atoms with Crippen LogP contribution in [-0.4, -0.2) is 37.6 Å². The first-order chi connectivity index (χ1) is 6.68. The van der Waals surface area contributed by atoms with E-state index in [-0.39, 0.29) is 12.0 Å². The highest BCUT2D eigenvalue weighted by molar-refractivity contribution is 5.74. The molecule has 0 bridgehead atoms. The van der Waals surface area contributed by atoms with E-state index < -0.39 is 0 Å². The first kappa shape index (κ1) is 11.5. The van der Waals surface area contributed by atoms with Gasteiger partial charge in [-0.05, 0) is 26.9 Å². The second-order valence-electron chi connectivity index (χ2n) is 4.10. The van der Waals surface area contributed by atoms with Gasteiger partial charge in [0.15, 0.2) is 0 Å². The highest BCUT2D eigenvalue weighted by Crippen LogP contribution is 2.19. The van der Waals surface area contributed by atoms with E-state index in [0.29, 0.717) is 6.42 Å². The van der Waals surface area contributed by atoms with Gasteiger partial charge in [0.1, 0.15) is 0 Å². The van der Waals surface area contributed by atoms with Gasteiger partial charge in [0.2, 0.25) is 5.91 Å². The van der Waals surface area contributed by atoms with Crippen molar-refractivity contribution in [3.8, 4) is 0 Å². The van der Waals surface area contributed by atoms with Gasteiger partial charge in [-0.15, -0.1) is 0 Å². The van der Waals surface area contributed by atoms with Crippen molar-refractivity contribution in [3.05, 3.63) is 0 Å². The van der Waals surface area contributed by atoms with Crippen LogP contribution >= 0.6 is 0 Å². The Labute approximate surface area is 85.6 Å². The highest BCUT2D eigenvalue weighted by atomic mass is 16.7. The van der Waals surface area contributed by atoms with E-state index in [9.17, 15) is 4.79 Å². The zero-order valence-corrected chi connectivity index (χ0v) is 9.08. The van der Waals surface area contributed by atoms with Crippen molar-refractivity contribution < 1.29 is 9.63 Å². The Hall–Kier alpha value is -0.610. The molecule has 1 fully saturated rings. The molecule has 4 heteroatoms. The fourth-order valence-electron chi connectivity index (χ4n) is 1.53. The number of hydrogen-bond acceptors (Lipinski definition) is 3. The number of nitrogens with one attached hydrogen (secondary N) is 1. The molecule has 0 spiro atoms. The van der Waals surface area contributed by atoms with E-state index >= 15 is 0 Å². The quantitative estimate of drug-likeness (QED) is 0.671. The predicted molar refractivity (Wildman–Crippen MR) is 54.7 cm³/mol. The molecule has 0 atom stereocenters. The molecular formula is C10H20N2O2. The molecule has 1 amide bonds. The molecule has 0 aromatic rings. The maximum absolute atomic E-state index is 11.2. The van der Waals surface area contributed by atoms with Crippen LogP contribution in [0.3, 0.4) is 0 Å². The molecule has 1 N–H and O–H groups in total.